The summed E-state index contributed by atoms with van der Waals surface area (Å²) in [5.41, 5.74) is 0.565. The van der Waals surface area contributed by atoms with E-state index in [4.69, 9.17) is 5.11 Å². The molecular formula is C13H17BrN2O3. The van der Waals surface area contributed by atoms with Crippen LogP contribution in [-0.2, 0) is 0 Å². The third kappa shape index (κ3) is 5.74. The lowest BCUT2D eigenvalue weighted by Crippen LogP contribution is -2.29. The Morgan fingerprint density at radius 1 is 1.26 bits per heavy atom. The Morgan fingerprint density at radius 2 is 2.00 bits per heavy atom. The predicted octanol–water partition coefficient (Wildman–Crippen LogP) is 3.46. The summed E-state index contributed by atoms with van der Waals surface area (Å²) in [7, 11) is 0. The molecule has 0 saturated heterocycles. The highest BCUT2D eigenvalue weighted by Crippen LogP contribution is 2.19. The maximum atomic E-state index is 11.6. The minimum atomic E-state index is -1.03. The molecule has 0 aliphatic carbocycles. The highest BCUT2D eigenvalue weighted by Gasteiger charge is 2.08. The molecule has 0 spiro atoms. The highest BCUT2D eigenvalue weighted by atomic mass is 79.9. The standard InChI is InChI=1S/C13H17BrN2O3/c1-2-3-4-5-15-13(19)16-11-7-9(12(17)18)6-10(14)8-11/h6-8H,2-5H2,1H3,(H,17,18)(H2,15,16,19). The topological polar surface area (TPSA) is 78.4 Å². The number of nitrogens with one attached hydrogen (secondary N) is 2. The summed E-state index contributed by atoms with van der Waals surface area (Å²) in [5, 5.41) is 14.3. The summed E-state index contributed by atoms with van der Waals surface area (Å²) >= 11 is 3.21. The van der Waals surface area contributed by atoms with Crippen LogP contribution >= 0.6 is 15.9 Å². The van der Waals surface area contributed by atoms with Crippen molar-refractivity contribution in [3.05, 3.63) is 28.2 Å². The SMILES string of the molecule is CCCCCNC(=O)Nc1cc(Br)cc(C(=O)O)c1. The molecule has 1 rings (SSSR count). The fourth-order valence-corrected chi connectivity index (χ4v) is 2.03. The molecule has 2 amide bonds. The molecule has 0 aliphatic rings. The van der Waals surface area contributed by atoms with Gasteiger partial charge in [-0.1, -0.05) is 35.7 Å². The Morgan fingerprint density at radius 3 is 2.63 bits per heavy atom. The van der Waals surface area contributed by atoms with E-state index in [9.17, 15) is 9.59 Å². The largest absolute Gasteiger partial charge is 0.478 e. The number of amides is 2. The Hall–Kier alpha value is -1.56. The van der Waals surface area contributed by atoms with Crippen molar-refractivity contribution in [3.8, 4) is 0 Å². The number of carboxylic acid groups (broad SMARTS) is 1. The van der Waals surface area contributed by atoms with E-state index in [1.54, 1.807) is 6.07 Å². The highest BCUT2D eigenvalue weighted by molar-refractivity contribution is 9.10. The van der Waals surface area contributed by atoms with Crippen molar-refractivity contribution in [2.45, 2.75) is 26.2 Å². The number of benzene rings is 1. The first-order valence-electron chi connectivity index (χ1n) is 6.11. The molecular weight excluding hydrogens is 312 g/mol. The first kappa shape index (κ1) is 15.5. The minimum Gasteiger partial charge on any atom is -0.478 e. The van der Waals surface area contributed by atoms with E-state index in [1.807, 2.05) is 0 Å². The van der Waals surface area contributed by atoms with Crippen LogP contribution in [0.3, 0.4) is 0 Å². The number of rotatable bonds is 6. The van der Waals surface area contributed by atoms with Gasteiger partial charge >= 0.3 is 12.0 Å². The number of urea groups is 1. The molecule has 0 fully saturated rings. The molecule has 6 heteroatoms. The van der Waals surface area contributed by atoms with Crippen LogP contribution in [-0.4, -0.2) is 23.7 Å². The number of hydrogen-bond donors (Lipinski definition) is 3. The summed E-state index contributed by atoms with van der Waals surface area (Å²) in [5.74, 6) is -1.03. The Bertz CT molecular complexity index is 463. The number of anilines is 1. The summed E-state index contributed by atoms with van der Waals surface area (Å²) in [6.07, 6.45) is 3.10. The molecule has 0 atom stereocenters. The lowest BCUT2D eigenvalue weighted by Gasteiger charge is -2.08. The molecule has 0 aliphatic heterocycles. The van der Waals surface area contributed by atoms with E-state index in [0.29, 0.717) is 16.7 Å². The lowest BCUT2D eigenvalue weighted by atomic mass is 10.2. The van der Waals surface area contributed by atoms with Crippen molar-refractivity contribution < 1.29 is 14.7 Å². The summed E-state index contributed by atoms with van der Waals surface area (Å²) < 4.78 is 0.605. The van der Waals surface area contributed by atoms with Gasteiger partial charge in [-0.3, -0.25) is 0 Å². The van der Waals surface area contributed by atoms with Crippen LogP contribution in [0, 0.1) is 0 Å². The summed E-state index contributed by atoms with van der Waals surface area (Å²) in [6.45, 7) is 2.70. The molecule has 0 aromatic heterocycles. The van der Waals surface area contributed by atoms with Gasteiger partial charge in [-0.05, 0) is 24.6 Å². The van der Waals surface area contributed by atoms with Gasteiger partial charge in [-0.2, -0.15) is 0 Å². The van der Waals surface area contributed by atoms with E-state index in [-0.39, 0.29) is 11.6 Å². The zero-order valence-corrected chi connectivity index (χ0v) is 12.3. The van der Waals surface area contributed by atoms with Crippen LogP contribution < -0.4 is 10.6 Å². The van der Waals surface area contributed by atoms with Crippen molar-refractivity contribution >= 4 is 33.6 Å². The first-order chi connectivity index (χ1) is 9.02. The molecule has 104 valence electrons. The number of aromatic carboxylic acids is 1. The molecule has 0 heterocycles. The van der Waals surface area contributed by atoms with Gasteiger partial charge in [0.2, 0.25) is 0 Å². The van der Waals surface area contributed by atoms with E-state index in [0.717, 1.165) is 19.3 Å². The Kier molecular flexibility index (Phi) is 6.35. The zero-order chi connectivity index (χ0) is 14.3. The van der Waals surface area contributed by atoms with Crippen LogP contribution in [0.2, 0.25) is 0 Å². The molecule has 1 aromatic carbocycles. The van der Waals surface area contributed by atoms with Gasteiger partial charge in [-0.25, -0.2) is 9.59 Å². The Labute approximate surface area is 120 Å². The smallest absolute Gasteiger partial charge is 0.335 e. The Balaban J connectivity index is 2.56. The molecule has 1 aromatic rings. The van der Waals surface area contributed by atoms with Crippen LogP contribution in [0.5, 0.6) is 0 Å². The third-order valence-corrected chi connectivity index (χ3v) is 2.93. The van der Waals surface area contributed by atoms with Gasteiger partial charge in [0.25, 0.3) is 0 Å². The lowest BCUT2D eigenvalue weighted by molar-refractivity contribution is 0.0697. The third-order valence-electron chi connectivity index (χ3n) is 2.47. The van der Waals surface area contributed by atoms with Crippen LogP contribution in [0.4, 0.5) is 10.5 Å². The average molecular weight is 329 g/mol. The van der Waals surface area contributed by atoms with Gasteiger partial charge in [0.1, 0.15) is 0 Å². The van der Waals surface area contributed by atoms with E-state index >= 15 is 0 Å². The molecule has 0 saturated carbocycles. The fourth-order valence-electron chi connectivity index (χ4n) is 1.54. The monoisotopic (exact) mass is 328 g/mol. The van der Waals surface area contributed by atoms with Gasteiger partial charge < -0.3 is 15.7 Å². The number of carbonyl (C=O) groups excluding carboxylic acids is 1. The second kappa shape index (κ2) is 7.78. The van der Waals surface area contributed by atoms with Crippen LogP contribution in [0.15, 0.2) is 22.7 Å². The van der Waals surface area contributed by atoms with Crippen molar-refractivity contribution in [2.24, 2.45) is 0 Å². The van der Waals surface area contributed by atoms with Gasteiger partial charge in [-0.15, -0.1) is 0 Å². The second-order valence-electron chi connectivity index (χ2n) is 4.12. The maximum absolute atomic E-state index is 11.6. The molecule has 0 unspecified atom stereocenters. The normalized spacial score (nSPS) is 10.0. The molecule has 5 nitrogen and oxygen atoms in total. The first-order valence-corrected chi connectivity index (χ1v) is 6.91. The zero-order valence-electron chi connectivity index (χ0n) is 10.7. The van der Waals surface area contributed by atoms with Gasteiger partial charge in [0.05, 0.1) is 5.56 Å². The number of carboxylic acids is 1. The molecule has 0 bridgehead atoms. The van der Waals surface area contributed by atoms with Crippen LogP contribution in [0.1, 0.15) is 36.5 Å². The quantitative estimate of drug-likeness (QED) is 0.700. The predicted molar refractivity (Wildman–Crippen MR) is 77.6 cm³/mol. The number of carbonyl (C=O) groups is 2. The number of unbranched alkanes of at least 4 members (excludes halogenated alkanes) is 2. The van der Waals surface area contributed by atoms with Gasteiger partial charge in [0, 0.05) is 16.7 Å². The fraction of sp³-hybridized carbons (Fsp3) is 0.385. The van der Waals surface area contributed by atoms with Crippen molar-refractivity contribution in [1.82, 2.24) is 5.32 Å². The molecule has 0 radical (unpaired) electrons. The van der Waals surface area contributed by atoms with E-state index < -0.39 is 5.97 Å². The number of halogens is 1. The molecule has 19 heavy (non-hydrogen) atoms. The maximum Gasteiger partial charge on any atom is 0.335 e. The second-order valence-corrected chi connectivity index (χ2v) is 5.04. The van der Waals surface area contributed by atoms with Gasteiger partial charge in [0.15, 0.2) is 0 Å². The summed E-state index contributed by atoms with van der Waals surface area (Å²) in [4.78, 5) is 22.5. The van der Waals surface area contributed by atoms with E-state index in [2.05, 4.69) is 33.5 Å². The molecule has 3 N–H and O–H groups in total. The summed E-state index contributed by atoms with van der Waals surface area (Å²) in [6, 6.07) is 4.22. The van der Waals surface area contributed by atoms with Crippen molar-refractivity contribution in [1.29, 1.82) is 0 Å². The van der Waals surface area contributed by atoms with Crippen molar-refractivity contribution in [2.75, 3.05) is 11.9 Å². The number of hydrogen-bond acceptors (Lipinski definition) is 2. The van der Waals surface area contributed by atoms with Crippen LogP contribution in [0.25, 0.3) is 0 Å². The van der Waals surface area contributed by atoms with E-state index in [1.165, 1.54) is 12.1 Å². The minimum absolute atomic E-state index is 0.121. The average Bonchev–Trinajstić information content (AvgIpc) is 2.34. The van der Waals surface area contributed by atoms with Crippen molar-refractivity contribution in [3.63, 3.8) is 0 Å².